The minimum atomic E-state index is 0.621. The molecule has 0 aliphatic carbocycles. The molecule has 0 atom stereocenters. The van der Waals surface area contributed by atoms with Crippen molar-refractivity contribution >= 4 is 50.9 Å². The fourth-order valence-electron chi connectivity index (χ4n) is 3.27. The molecule has 0 aliphatic heterocycles. The van der Waals surface area contributed by atoms with Crippen molar-refractivity contribution in [3.8, 4) is 0 Å². The predicted molar refractivity (Wildman–Crippen MR) is 120 cm³/mol. The Bertz CT molecular complexity index is 1290. The third-order valence-electron chi connectivity index (χ3n) is 4.76. The van der Waals surface area contributed by atoms with Gasteiger partial charge in [0.1, 0.15) is 0 Å². The molecule has 2 heterocycles. The number of fused-ring (bicyclic) bond motifs is 2. The summed E-state index contributed by atoms with van der Waals surface area (Å²) in [6.07, 6.45) is 1.93. The molecule has 5 rings (SSSR count). The smallest absolute Gasteiger partial charge is 0.174 e. The van der Waals surface area contributed by atoms with Crippen molar-refractivity contribution in [1.82, 2.24) is 15.0 Å². The van der Waals surface area contributed by atoms with Crippen LogP contribution in [0, 0.1) is 0 Å². The average molecular weight is 400 g/mol. The summed E-state index contributed by atoms with van der Waals surface area (Å²) in [4.78, 5) is 12.8. The monoisotopic (exact) mass is 399 g/mol. The summed E-state index contributed by atoms with van der Waals surface area (Å²) in [7, 11) is 0. The van der Waals surface area contributed by atoms with Crippen LogP contribution in [0.4, 0.5) is 17.3 Å². The second-order valence-corrected chi connectivity index (χ2v) is 7.23. The van der Waals surface area contributed by atoms with Crippen LogP contribution in [0.25, 0.3) is 21.9 Å². The van der Waals surface area contributed by atoms with E-state index in [0.717, 1.165) is 38.2 Å². The molecule has 0 radical (unpaired) electrons. The fraction of sp³-hybridized carbons (Fsp3) is 0.0435. The molecule has 0 unspecified atom stereocenters. The van der Waals surface area contributed by atoms with E-state index in [9.17, 15) is 0 Å². The lowest BCUT2D eigenvalue weighted by Gasteiger charge is -2.14. The Hall–Kier alpha value is -3.57. The number of aromatic amines is 1. The molecule has 29 heavy (non-hydrogen) atoms. The maximum atomic E-state index is 5.99. The van der Waals surface area contributed by atoms with E-state index in [1.807, 2.05) is 72.9 Å². The van der Waals surface area contributed by atoms with Gasteiger partial charge in [0.2, 0.25) is 0 Å². The van der Waals surface area contributed by atoms with Crippen molar-refractivity contribution < 1.29 is 0 Å². The molecule has 142 valence electrons. The number of nitrogens with one attached hydrogen (secondary N) is 3. The molecule has 5 nitrogen and oxygen atoms in total. The van der Waals surface area contributed by atoms with Crippen molar-refractivity contribution in [1.29, 1.82) is 0 Å². The third kappa shape index (κ3) is 3.73. The van der Waals surface area contributed by atoms with E-state index in [2.05, 4.69) is 21.7 Å². The van der Waals surface area contributed by atoms with E-state index in [0.29, 0.717) is 18.2 Å². The number of hydrogen-bond acceptors (Lipinski definition) is 4. The summed E-state index contributed by atoms with van der Waals surface area (Å²) in [6, 6.07) is 23.8. The molecule has 5 aromatic rings. The van der Waals surface area contributed by atoms with E-state index in [-0.39, 0.29) is 0 Å². The van der Waals surface area contributed by atoms with Crippen molar-refractivity contribution in [2.75, 3.05) is 10.6 Å². The highest BCUT2D eigenvalue weighted by Crippen LogP contribution is 2.27. The number of para-hydroxylation sites is 2. The van der Waals surface area contributed by atoms with Crippen molar-refractivity contribution in [3.63, 3.8) is 0 Å². The van der Waals surface area contributed by atoms with Crippen LogP contribution >= 0.6 is 11.6 Å². The molecular formula is C23H18ClN5. The third-order valence-corrected chi connectivity index (χ3v) is 5.01. The second kappa shape index (κ2) is 7.45. The largest absolute Gasteiger partial charge is 0.363 e. The van der Waals surface area contributed by atoms with Gasteiger partial charge in [-0.3, -0.25) is 0 Å². The van der Waals surface area contributed by atoms with Gasteiger partial charge >= 0.3 is 0 Å². The maximum Gasteiger partial charge on any atom is 0.174 e. The zero-order valence-corrected chi connectivity index (χ0v) is 16.2. The number of H-pyrrole nitrogens is 1. The van der Waals surface area contributed by atoms with Crippen molar-refractivity contribution in [2.24, 2.45) is 0 Å². The lowest BCUT2D eigenvalue weighted by molar-refractivity contribution is 1.11. The number of halogens is 1. The summed E-state index contributed by atoms with van der Waals surface area (Å²) in [6.45, 7) is 0.621. The van der Waals surface area contributed by atoms with E-state index in [1.165, 1.54) is 0 Å². The molecule has 0 aliphatic rings. The topological polar surface area (TPSA) is 65.6 Å². The lowest BCUT2D eigenvalue weighted by atomic mass is 10.2. The summed E-state index contributed by atoms with van der Waals surface area (Å²) in [5.41, 5.74) is 4.86. The second-order valence-electron chi connectivity index (χ2n) is 6.79. The Kier molecular flexibility index (Phi) is 4.50. The first-order valence-corrected chi connectivity index (χ1v) is 9.72. The fourth-order valence-corrected chi connectivity index (χ4v) is 3.39. The van der Waals surface area contributed by atoms with Gasteiger partial charge < -0.3 is 15.6 Å². The quantitative estimate of drug-likeness (QED) is 0.333. The van der Waals surface area contributed by atoms with Gasteiger partial charge in [-0.25, -0.2) is 9.97 Å². The van der Waals surface area contributed by atoms with Crippen LogP contribution in [0.15, 0.2) is 79.0 Å². The molecule has 0 fully saturated rings. The number of aromatic nitrogens is 3. The van der Waals surface area contributed by atoms with Crippen molar-refractivity contribution in [2.45, 2.75) is 6.54 Å². The van der Waals surface area contributed by atoms with Gasteiger partial charge in [-0.15, -0.1) is 0 Å². The first-order valence-electron chi connectivity index (χ1n) is 9.34. The minimum Gasteiger partial charge on any atom is -0.363 e. The molecule has 0 bridgehead atoms. The highest BCUT2D eigenvalue weighted by molar-refractivity contribution is 6.30. The summed E-state index contributed by atoms with van der Waals surface area (Å²) in [5, 5.41) is 8.69. The van der Waals surface area contributed by atoms with Crippen LogP contribution in [-0.2, 0) is 6.54 Å². The number of hydrogen-bond donors (Lipinski definition) is 3. The van der Waals surface area contributed by atoms with E-state index < -0.39 is 0 Å². The number of rotatable bonds is 5. The van der Waals surface area contributed by atoms with Gasteiger partial charge in [0, 0.05) is 34.4 Å². The van der Waals surface area contributed by atoms with E-state index in [1.54, 1.807) is 0 Å². The lowest BCUT2D eigenvalue weighted by Crippen LogP contribution is -2.07. The van der Waals surface area contributed by atoms with Gasteiger partial charge in [0.25, 0.3) is 0 Å². The Morgan fingerprint density at radius 2 is 1.59 bits per heavy atom. The maximum absolute atomic E-state index is 5.99. The summed E-state index contributed by atoms with van der Waals surface area (Å²) >= 11 is 5.99. The molecule has 0 saturated heterocycles. The highest BCUT2D eigenvalue weighted by Gasteiger charge is 2.10. The standard InChI is InChI=1S/C23H18ClN5/c24-17-7-5-15(6-8-17)14-26-22-23(29-21-4-2-1-3-20(21)28-22)27-18-9-10-19-16(13-18)11-12-25-19/h1-13,25H,14H2,(H,26,28)(H,27,29). The van der Waals surface area contributed by atoms with Crippen LogP contribution < -0.4 is 10.6 Å². The van der Waals surface area contributed by atoms with E-state index in [4.69, 9.17) is 21.6 Å². The zero-order valence-electron chi connectivity index (χ0n) is 15.5. The molecule has 0 amide bonds. The molecule has 0 spiro atoms. The molecule has 3 N–H and O–H groups in total. The van der Waals surface area contributed by atoms with Gasteiger partial charge in [0.15, 0.2) is 11.6 Å². The zero-order chi connectivity index (χ0) is 19.6. The number of nitrogens with zero attached hydrogens (tertiary/aromatic N) is 2. The summed E-state index contributed by atoms with van der Waals surface area (Å²) in [5.74, 6) is 1.39. The predicted octanol–water partition coefficient (Wildman–Crippen LogP) is 6.12. The van der Waals surface area contributed by atoms with Crippen LogP contribution in [0.1, 0.15) is 5.56 Å². The minimum absolute atomic E-state index is 0.621. The molecule has 0 saturated carbocycles. The van der Waals surface area contributed by atoms with Gasteiger partial charge in [-0.2, -0.15) is 0 Å². The number of anilines is 3. The van der Waals surface area contributed by atoms with Gasteiger partial charge in [0.05, 0.1) is 11.0 Å². The molecule has 2 aromatic heterocycles. The van der Waals surface area contributed by atoms with Crippen LogP contribution in [0.2, 0.25) is 5.02 Å². The van der Waals surface area contributed by atoms with E-state index >= 15 is 0 Å². The Balaban J connectivity index is 1.49. The van der Waals surface area contributed by atoms with Crippen LogP contribution in [-0.4, -0.2) is 15.0 Å². The average Bonchev–Trinajstić information content (AvgIpc) is 3.21. The first-order chi connectivity index (χ1) is 14.2. The Morgan fingerprint density at radius 3 is 2.38 bits per heavy atom. The normalized spacial score (nSPS) is 11.1. The SMILES string of the molecule is Clc1ccc(CNc2nc3ccccc3nc2Nc2ccc3[nH]ccc3c2)cc1. The summed E-state index contributed by atoms with van der Waals surface area (Å²) < 4.78 is 0. The first kappa shape index (κ1) is 17.5. The van der Waals surface area contributed by atoms with Gasteiger partial charge in [-0.05, 0) is 54.1 Å². The number of benzene rings is 3. The highest BCUT2D eigenvalue weighted by atomic mass is 35.5. The molecule has 3 aromatic carbocycles. The van der Waals surface area contributed by atoms with Crippen molar-refractivity contribution in [3.05, 3.63) is 89.6 Å². The Labute approximate surface area is 172 Å². The molecular weight excluding hydrogens is 382 g/mol. The Morgan fingerprint density at radius 1 is 0.828 bits per heavy atom. The van der Waals surface area contributed by atoms with Crippen LogP contribution in [0.5, 0.6) is 0 Å². The molecule has 6 heteroatoms. The van der Waals surface area contributed by atoms with Gasteiger partial charge in [-0.1, -0.05) is 35.9 Å². The van der Waals surface area contributed by atoms with Crippen LogP contribution in [0.3, 0.4) is 0 Å².